The van der Waals surface area contributed by atoms with Crippen LogP contribution in [0.5, 0.6) is 0 Å². The zero-order valence-electron chi connectivity index (χ0n) is 16.1. The van der Waals surface area contributed by atoms with E-state index in [0.717, 1.165) is 0 Å². The number of urea groups is 1. The van der Waals surface area contributed by atoms with Crippen LogP contribution in [0.1, 0.15) is 22.5 Å². The van der Waals surface area contributed by atoms with E-state index in [-0.39, 0.29) is 23.4 Å². The van der Waals surface area contributed by atoms with Crippen molar-refractivity contribution in [2.75, 3.05) is 34.8 Å². The second-order valence-corrected chi connectivity index (χ2v) is 7.10. The largest absolute Gasteiger partial charge is 0.405 e. The molecule has 0 radical (unpaired) electrons. The summed E-state index contributed by atoms with van der Waals surface area (Å²) in [7, 11) is 0. The summed E-state index contributed by atoms with van der Waals surface area (Å²) in [6, 6.07) is 5.37. The number of halogens is 3. The highest BCUT2D eigenvalue weighted by Crippen LogP contribution is 2.39. The van der Waals surface area contributed by atoms with Crippen molar-refractivity contribution in [1.82, 2.24) is 15.3 Å². The quantitative estimate of drug-likeness (QED) is 0.730. The van der Waals surface area contributed by atoms with Gasteiger partial charge in [-0.25, -0.2) is 14.8 Å². The summed E-state index contributed by atoms with van der Waals surface area (Å²) in [5, 5.41) is 4.47. The third-order valence-electron chi connectivity index (χ3n) is 5.01. The lowest BCUT2D eigenvalue weighted by Crippen LogP contribution is -2.48. The third kappa shape index (κ3) is 4.23. The molecule has 31 heavy (non-hydrogen) atoms. The molecular weight excluding hydrogens is 413 g/mol. The van der Waals surface area contributed by atoms with E-state index >= 15 is 0 Å². The maximum absolute atomic E-state index is 13.1. The summed E-state index contributed by atoms with van der Waals surface area (Å²) in [5.74, 6) is 1.94. The molecule has 0 aromatic carbocycles. The standard InChI is InChI=1S/C20H17F3N6O2/c1-2-12-5-7-24-16(9-12)27-19(31)29-13-6-8-28(10-13)15-4-3-14(26-17(15)29)18(30)25-11-20(21,22)23/h1,3-5,7,9,13H,6,8,10-11H2,(H,25,30)(H,24,27,31)/t13-/m0/s1. The lowest BCUT2D eigenvalue weighted by atomic mass is 10.1. The Hall–Kier alpha value is -3.81. The number of carbonyl (C=O) groups excluding carboxylic acids is 2. The number of terminal acetylenes is 1. The second kappa shape index (κ2) is 7.79. The number of nitrogens with zero attached hydrogens (tertiary/aromatic N) is 4. The Labute approximate surface area is 175 Å². The summed E-state index contributed by atoms with van der Waals surface area (Å²) in [6.07, 6.45) is 2.98. The van der Waals surface area contributed by atoms with E-state index in [1.54, 1.807) is 17.4 Å². The topological polar surface area (TPSA) is 90.5 Å². The Morgan fingerprint density at radius 2 is 2.10 bits per heavy atom. The average Bonchev–Trinajstić information content (AvgIpc) is 3.15. The van der Waals surface area contributed by atoms with Crippen LogP contribution in [-0.2, 0) is 0 Å². The van der Waals surface area contributed by atoms with Gasteiger partial charge < -0.3 is 10.2 Å². The smallest absolute Gasteiger partial charge is 0.366 e. The van der Waals surface area contributed by atoms with Crippen molar-refractivity contribution in [2.45, 2.75) is 18.6 Å². The molecule has 0 saturated carbocycles. The SMILES string of the molecule is C#Cc1ccnc(NC(=O)N2c3nc(C(=O)NCC(F)(F)F)ccc3N3CC[C@H]2C3)c1. The Kier molecular flexibility index (Phi) is 5.14. The Balaban J connectivity index is 1.62. The number of hydrogen-bond acceptors (Lipinski definition) is 5. The van der Waals surface area contributed by atoms with Crippen molar-refractivity contribution in [3.05, 3.63) is 41.7 Å². The van der Waals surface area contributed by atoms with Crippen LogP contribution in [0.25, 0.3) is 0 Å². The van der Waals surface area contributed by atoms with Crippen molar-refractivity contribution < 1.29 is 22.8 Å². The van der Waals surface area contributed by atoms with Gasteiger partial charge in [-0.2, -0.15) is 13.2 Å². The highest BCUT2D eigenvalue weighted by Gasteiger charge is 2.40. The molecule has 8 nitrogen and oxygen atoms in total. The minimum atomic E-state index is -4.54. The van der Waals surface area contributed by atoms with Crippen LogP contribution in [0.4, 0.5) is 35.3 Å². The molecule has 3 amide bonds. The van der Waals surface area contributed by atoms with Gasteiger partial charge in [0.2, 0.25) is 0 Å². The number of hydrogen-bond donors (Lipinski definition) is 2. The predicted octanol–water partition coefficient (Wildman–Crippen LogP) is 2.38. The van der Waals surface area contributed by atoms with E-state index in [2.05, 4.69) is 21.2 Å². The maximum Gasteiger partial charge on any atom is 0.405 e. The van der Waals surface area contributed by atoms with Crippen molar-refractivity contribution >= 4 is 29.3 Å². The monoisotopic (exact) mass is 430 g/mol. The minimum absolute atomic E-state index is 0.204. The van der Waals surface area contributed by atoms with Crippen LogP contribution in [0.2, 0.25) is 0 Å². The van der Waals surface area contributed by atoms with E-state index in [0.29, 0.717) is 30.8 Å². The van der Waals surface area contributed by atoms with Crippen LogP contribution in [0.3, 0.4) is 0 Å². The molecule has 1 atom stereocenters. The molecule has 2 aromatic rings. The normalized spacial score (nSPS) is 17.0. The van der Waals surface area contributed by atoms with Gasteiger partial charge in [-0.15, -0.1) is 6.42 Å². The van der Waals surface area contributed by atoms with E-state index in [9.17, 15) is 22.8 Å². The number of rotatable bonds is 3. The van der Waals surface area contributed by atoms with Crippen molar-refractivity contribution in [3.63, 3.8) is 0 Å². The number of aromatic nitrogens is 2. The summed E-state index contributed by atoms with van der Waals surface area (Å²) in [5.41, 5.74) is 0.954. The number of carbonyl (C=O) groups is 2. The summed E-state index contributed by atoms with van der Waals surface area (Å²) < 4.78 is 37.3. The van der Waals surface area contributed by atoms with Crippen LogP contribution in [0.15, 0.2) is 30.5 Å². The first kappa shape index (κ1) is 20.5. The highest BCUT2D eigenvalue weighted by molar-refractivity contribution is 6.05. The van der Waals surface area contributed by atoms with Crippen molar-refractivity contribution in [3.8, 4) is 12.3 Å². The minimum Gasteiger partial charge on any atom is -0.366 e. The number of nitrogens with one attached hydrogen (secondary N) is 2. The molecule has 160 valence electrons. The first-order valence-electron chi connectivity index (χ1n) is 9.39. The van der Waals surface area contributed by atoms with Gasteiger partial charge in [-0.3, -0.25) is 15.0 Å². The molecule has 0 unspecified atom stereocenters. The molecule has 0 aliphatic carbocycles. The van der Waals surface area contributed by atoms with E-state index in [4.69, 9.17) is 6.42 Å². The van der Waals surface area contributed by atoms with Crippen LogP contribution < -0.4 is 20.4 Å². The van der Waals surface area contributed by atoms with Gasteiger partial charge in [-0.05, 0) is 30.7 Å². The Bertz CT molecular complexity index is 1080. The number of amides is 3. The first-order chi connectivity index (χ1) is 14.7. The van der Waals surface area contributed by atoms with Gasteiger partial charge in [0, 0.05) is 24.8 Å². The van der Waals surface area contributed by atoms with E-state index in [1.165, 1.54) is 23.2 Å². The van der Waals surface area contributed by atoms with Gasteiger partial charge in [0.05, 0.1) is 11.7 Å². The molecule has 2 aromatic heterocycles. The Morgan fingerprint density at radius 1 is 1.29 bits per heavy atom. The van der Waals surface area contributed by atoms with Gasteiger partial charge in [0.15, 0.2) is 5.82 Å². The zero-order chi connectivity index (χ0) is 22.2. The van der Waals surface area contributed by atoms with Gasteiger partial charge in [0.1, 0.15) is 18.1 Å². The number of anilines is 3. The maximum atomic E-state index is 13.1. The summed E-state index contributed by atoms with van der Waals surface area (Å²) in [4.78, 5) is 37.0. The predicted molar refractivity (Wildman–Crippen MR) is 107 cm³/mol. The molecule has 2 bridgehead atoms. The number of pyridine rings is 2. The zero-order valence-corrected chi connectivity index (χ0v) is 16.1. The third-order valence-corrected chi connectivity index (χ3v) is 5.01. The molecule has 2 aliphatic heterocycles. The van der Waals surface area contributed by atoms with Crippen molar-refractivity contribution in [1.29, 1.82) is 0 Å². The molecule has 4 rings (SSSR count). The fraction of sp³-hybridized carbons (Fsp3) is 0.300. The fourth-order valence-corrected chi connectivity index (χ4v) is 3.63. The highest BCUT2D eigenvalue weighted by atomic mass is 19.4. The summed E-state index contributed by atoms with van der Waals surface area (Å²) in [6.45, 7) is -0.201. The van der Waals surface area contributed by atoms with E-state index in [1.807, 2.05) is 4.90 Å². The molecule has 0 spiro atoms. The Morgan fingerprint density at radius 3 is 2.84 bits per heavy atom. The van der Waals surface area contributed by atoms with Crippen LogP contribution in [0, 0.1) is 12.3 Å². The lowest BCUT2D eigenvalue weighted by molar-refractivity contribution is -0.123. The molecule has 2 N–H and O–H groups in total. The first-order valence-corrected chi connectivity index (χ1v) is 9.39. The molecule has 2 aliphatic rings. The molecule has 1 fully saturated rings. The van der Waals surface area contributed by atoms with E-state index < -0.39 is 24.7 Å². The summed E-state index contributed by atoms with van der Waals surface area (Å²) >= 11 is 0. The number of fused-ring (bicyclic) bond motifs is 4. The van der Waals surface area contributed by atoms with Gasteiger partial charge >= 0.3 is 12.2 Å². The van der Waals surface area contributed by atoms with Crippen molar-refractivity contribution in [2.24, 2.45) is 0 Å². The molecule has 4 heterocycles. The molecule has 1 saturated heterocycles. The number of alkyl halides is 3. The van der Waals surface area contributed by atoms with Gasteiger partial charge in [-0.1, -0.05) is 5.92 Å². The average molecular weight is 430 g/mol. The second-order valence-electron chi connectivity index (χ2n) is 7.10. The molecule has 11 heteroatoms. The fourth-order valence-electron chi connectivity index (χ4n) is 3.63. The lowest BCUT2D eigenvalue weighted by Gasteiger charge is -2.35. The van der Waals surface area contributed by atoms with Crippen LogP contribution >= 0.6 is 0 Å². The van der Waals surface area contributed by atoms with Gasteiger partial charge in [0.25, 0.3) is 5.91 Å². The molecular formula is C20H17F3N6O2. The van der Waals surface area contributed by atoms with Crippen LogP contribution in [-0.4, -0.2) is 53.8 Å².